The smallest absolute Gasteiger partial charge is 0.223 e. The van der Waals surface area contributed by atoms with Crippen LogP contribution in [0.25, 0.3) is 0 Å². The molecule has 0 radical (unpaired) electrons. The zero-order valence-corrected chi connectivity index (χ0v) is 14.9. The molecule has 0 aromatic carbocycles. The van der Waals surface area contributed by atoms with Crippen molar-refractivity contribution in [3.8, 4) is 0 Å². The topological polar surface area (TPSA) is 73.6 Å². The number of carbonyl (C=O) groups is 1. The maximum Gasteiger partial charge on any atom is 0.223 e. The number of nitrogens with two attached hydrogens (primary N) is 1. The predicted molar refractivity (Wildman–Crippen MR) is 91.6 cm³/mol. The number of fused-ring (bicyclic) bond motifs is 2. The van der Waals surface area contributed by atoms with Crippen LogP contribution in [-0.2, 0) is 14.3 Å². The highest BCUT2D eigenvalue weighted by atomic mass is 35.5. The van der Waals surface area contributed by atoms with Gasteiger partial charge in [-0.2, -0.15) is 0 Å². The van der Waals surface area contributed by atoms with Gasteiger partial charge in [0, 0.05) is 24.6 Å². The molecule has 2 bridgehead atoms. The lowest BCUT2D eigenvalue weighted by Gasteiger charge is -2.43. The van der Waals surface area contributed by atoms with Gasteiger partial charge in [0.15, 0.2) is 0 Å². The molecule has 1 amide bonds. The van der Waals surface area contributed by atoms with E-state index in [4.69, 9.17) is 15.2 Å². The van der Waals surface area contributed by atoms with E-state index in [9.17, 15) is 4.79 Å². The maximum absolute atomic E-state index is 12.5. The number of hydrogen-bond acceptors (Lipinski definition) is 4. The molecule has 0 aromatic rings. The molecule has 0 spiro atoms. The SMILES string of the molecule is CC(COC1CCOC1)NC(=O)C1CC2CCCC(C1)C2N.Cl. The van der Waals surface area contributed by atoms with Gasteiger partial charge in [0.05, 0.1) is 19.3 Å². The highest BCUT2D eigenvalue weighted by Crippen LogP contribution is 2.41. The maximum atomic E-state index is 12.5. The monoisotopic (exact) mass is 346 g/mol. The van der Waals surface area contributed by atoms with Crippen LogP contribution < -0.4 is 11.1 Å². The Bertz CT molecular complexity index is 376. The molecule has 1 saturated heterocycles. The number of ether oxygens (including phenoxy) is 2. The van der Waals surface area contributed by atoms with E-state index >= 15 is 0 Å². The van der Waals surface area contributed by atoms with E-state index in [2.05, 4.69) is 5.32 Å². The Morgan fingerprint density at radius 1 is 1.30 bits per heavy atom. The average Bonchev–Trinajstić information content (AvgIpc) is 2.98. The molecule has 6 heteroatoms. The van der Waals surface area contributed by atoms with Crippen LogP contribution >= 0.6 is 12.4 Å². The Morgan fingerprint density at radius 2 is 2.00 bits per heavy atom. The lowest BCUT2D eigenvalue weighted by atomic mass is 9.65. The second-order valence-corrected chi connectivity index (χ2v) is 7.43. The fourth-order valence-corrected chi connectivity index (χ4v) is 4.33. The van der Waals surface area contributed by atoms with E-state index in [1.54, 1.807) is 0 Å². The van der Waals surface area contributed by atoms with Crippen molar-refractivity contribution in [2.45, 2.75) is 63.6 Å². The molecular formula is C17H31ClN2O3. The van der Waals surface area contributed by atoms with Crippen LogP contribution in [0.2, 0.25) is 0 Å². The molecule has 5 nitrogen and oxygen atoms in total. The Morgan fingerprint density at radius 3 is 2.61 bits per heavy atom. The summed E-state index contributed by atoms with van der Waals surface area (Å²) in [6.07, 6.45) is 6.77. The standard InChI is InChI=1S/C17H30N2O3.ClH/c1-11(9-22-15-5-6-21-10-15)19-17(20)14-7-12-3-2-4-13(8-14)16(12)18;/h11-16H,2-10,18H2,1H3,(H,19,20);1H. The molecule has 1 aliphatic heterocycles. The van der Waals surface area contributed by atoms with Gasteiger partial charge < -0.3 is 20.5 Å². The van der Waals surface area contributed by atoms with Crippen LogP contribution in [0.1, 0.15) is 45.4 Å². The fraction of sp³-hybridized carbons (Fsp3) is 0.941. The van der Waals surface area contributed by atoms with Crippen molar-refractivity contribution in [1.29, 1.82) is 0 Å². The molecule has 2 saturated carbocycles. The molecule has 23 heavy (non-hydrogen) atoms. The highest BCUT2D eigenvalue weighted by molar-refractivity contribution is 5.85. The Labute approximate surface area is 145 Å². The third-order valence-corrected chi connectivity index (χ3v) is 5.64. The third-order valence-electron chi connectivity index (χ3n) is 5.64. The molecule has 4 unspecified atom stereocenters. The van der Waals surface area contributed by atoms with Gasteiger partial charge in [-0.3, -0.25) is 4.79 Å². The van der Waals surface area contributed by atoms with Crippen molar-refractivity contribution in [2.75, 3.05) is 19.8 Å². The number of rotatable bonds is 5. The quantitative estimate of drug-likeness (QED) is 0.797. The van der Waals surface area contributed by atoms with Crippen LogP contribution in [-0.4, -0.2) is 43.9 Å². The number of carbonyl (C=O) groups excluding carboxylic acids is 1. The second-order valence-electron chi connectivity index (χ2n) is 7.43. The van der Waals surface area contributed by atoms with E-state index in [0.717, 1.165) is 25.9 Å². The minimum atomic E-state index is 0. The van der Waals surface area contributed by atoms with E-state index < -0.39 is 0 Å². The summed E-state index contributed by atoms with van der Waals surface area (Å²) in [6, 6.07) is 0.379. The van der Waals surface area contributed by atoms with Crippen molar-refractivity contribution < 1.29 is 14.3 Å². The van der Waals surface area contributed by atoms with E-state index in [0.29, 0.717) is 31.1 Å². The molecule has 3 aliphatic rings. The van der Waals surface area contributed by atoms with Gasteiger partial charge in [0.2, 0.25) is 5.91 Å². The summed E-state index contributed by atoms with van der Waals surface area (Å²) in [6.45, 7) is 4.06. The first-order chi connectivity index (χ1) is 10.6. The minimum Gasteiger partial charge on any atom is -0.379 e. The van der Waals surface area contributed by atoms with Crippen molar-refractivity contribution in [3.05, 3.63) is 0 Å². The summed E-state index contributed by atoms with van der Waals surface area (Å²) in [4.78, 5) is 12.5. The zero-order chi connectivity index (χ0) is 15.5. The van der Waals surface area contributed by atoms with Crippen molar-refractivity contribution in [3.63, 3.8) is 0 Å². The van der Waals surface area contributed by atoms with Crippen LogP contribution in [0.3, 0.4) is 0 Å². The van der Waals surface area contributed by atoms with Gasteiger partial charge in [0.25, 0.3) is 0 Å². The van der Waals surface area contributed by atoms with Crippen LogP contribution in [0.5, 0.6) is 0 Å². The summed E-state index contributed by atoms with van der Waals surface area (Å²) >= 11 is 0. The minimum absolute atomic E-state index is 0. The Hall–Kier alpha value is -0.360. The van der Waals surface area contributed by atoms with Gasteiger partial charge in [-0.1, -0.05) is 6.42 Å². The first-order valence-electron chi connectivity index (χ1n) is 8.88. The number of nitrogens with one attached hydrogen (secondary N) is 1. The van der Waals surface area contributed by atoms with Gasteiger partial charge in [0.1, 0.15) is 0 Å². The van der Waals surface area contributed by atoms with E-state index in [1.807, 2.05) is 6.92 Å². The lowest BCUT2D eigenvalue weighted by Crippen LogP contribution is -2.50. The summed E-state index contributed by atoms with van der Waals surface area (Å²) in [7, 11) is 0. The van der Waals surface area contributed by atoms with E-state index in [-0.39, 0.29) is 36.4 Å². The summed E-state index contributed by atoms with van der Waals surface area (Å²) < 4.78 is 11.1. The second kappa shape index (κ2) is 8.65. The van der Waals surface area contributed by atoms with Gasteiger partial charge in [-0.05, 0) is 50.9 Å². The largest absolute Gasteiger partial charge is 0.379 e. The number of amides is 1. The lowest BCUT2D eigenvalue weighted by molar-refractivity contribution is -0.129. The fourth-order valence-electron chi connectivity index (χ4n) is 4.33. The van der Waals surface area contributed by atoms with Gasteiger partial charge in [-0.25, -0.2) is 0 Å². The Kier molecular flexibility index (Phi) is 7.14. The van der Waals surface area contributed by atoms with Crippen LogP contribution in [0, 0.1) is 17.8 Å². The Balaban J connectivity index is 0.00000192. The molecule has 3 N–H and O–H groups in total. The highest BCUT2D eigenvalue weighted by Gasteiger charge is 2.40. The molecule has 1 heterocycles. The van der Waals surface area contributed by atoms with Crippen LogP contribution in [0.15, 0.2) is 0 Å². The number of halogens is 1. The van der Waals surface area contributed by atoms with E-state index in [1.165, 1.54) is 19.3 Å². The van der Waals surface area contributed by atoms with Crippen LogP contribution in [0.4, 0.5) is 0 Å². The number of hydrogen-bond donors (Lipinski definition) is 2. The summed E-state index contributed by atoms with van der Waals surface area (Å²) in [5, 5.41) is 3.13. The first kappa shape index (κ1) is 19.0. The predicted octanol–water partition coefficient (Wildman–Crippen LogP) is 1.87. The first-order valence-corrected chi connectivity index (χ1v) is 8.88. The van der Waals surface area contributed by atoms with Gasteiger partial charge >= 0.3 is 0 Å². The van der Waals surface area contributed by atoms with Gasteiger partial charge in [-0.15, -0.1) is 12.4 Å². The molecule has 4 atom stereocenters. The normalized spacial score (nSPS) is 37.7. The summed E-state index contributed by atoms with van der Waals surface area (Å²) in [5.41, 5.74) is 6.30. The molecular weight excluding hydrogens is 316 g/mol. The molecule has 2 aliphatic carbocycles. The molecule has 134 valence electrons. The summed E-state index contributed by atoms with van der Waals surface area (Å²) in [5.74, 6) is 1.44. The average molecular weight is 347 g/mol. The van der Waals surface area contributed by atoms with Crippen molar-refractivity contribution in [1.82, 2.24) is 5.32 Å². The zero-order valence-electron chi connectivity index (χ0n) is 14.0. The molecule has 3 rings (SSSR count). The third kappa shape index (κ3) is 4.81. The molecule has 3 fully saturated rings. The van der Waals surface area contributed by atoms with Crippen molar-refractivity contribution in [2.24, 2.45) is 23.5 Å². The molecule has 0 aromatic heterocycles. The van der Waals surface area contributed by atoms with Crippen molar-refractivity contribution >= 4 is 18.3 Å².